The van der Waals surface area contributed by atoms with Crippen molar-refractivity contribution in [2.24, 2.45) is 11.8 Å². The molecule has 0 spiro atoms. The van der Waals surface area contributed by atoms with E-state index in [0.717, 1.165) is 31.2 Å². The first-order valence-corrected chi connectivity index (χ1v) is 14.3. The van der Waals surface area contributed by atoms with E-state index in [0.29, 0.717) is 18.0 Å². The Balaban J connectivity index is 1.77. The highest BCUT2D eigenvalue weighted by molar-refractivity contribution is 5.89. The number of aliphatic hydroxyl groups is 3. The van der Waals surface area contributed by atoms with Crippen LogP contribution in [0, 0.1) is 11.8 Å². The fourth-order valence-electron chi connectivity index (χ4n) is 5.38. The third-order valence-electron chi connectivity index (χ3n) is 8.00. The first-order valence-electron chi connectivity index (χ1n) is 14.3. The molecule has 9 heteroatoms. The van der Waals surface area contributed by atoms with Crippen molar-refractivity contribution in [2.75, 3.05) is 7.05 Å². The Kier molecular flexibility index (Phi) is 12.0. The standard InChI is InChI=1S/C30H46N4O5/c1-20(2)26(35)17-27(36)24(14-21-10-6-4-7-11-21)33-29(38)25(16-23-18-31-19-32-23)34(3)30(39)28(37)15-22-12-8-5-9-13-22/h5,8-9,12-13,18-21,24-28,35-37H,4,6-7,10-11,14-17H2,1-3H3,(H,31,32)(H,33,38)/t24-,25-,26?,27?,28-/m0/s1. The van der Waals surface area contributed by atoms with E-state index in [9.17, 15) is 24.9 Å². The van der Waals surface area contributed by atoms with Crippen LogP contribution in [0.3, 0.4) is 0 Å². The highest BCUT2D eigenvalue weighted by Gasteiger charge is 2.35. The van der Waals surface area contributed by atoms with Crippen LogP contribution >= 0.6 is 0 Å². The van der Waals surface area contributed by atoms with Gasteiger partial charge in [0.15, 0.2) is 0 Å². The van der Waals surface area contributed by atoms with Crippen LogP contribution in [0.4, 0.5) is 0 Å². The van der Waals surface area contributed by atoms with Crippen LogP contribution in [0.25, 0.3) is 0 Å². The number of benzene rings is 1. The molecule has 3 rings (SSSR count). The molecule has 5 N–H and O–H groups in total. The molecule has 216 valence electrons. The Labute approximate surface area is 232 Å². The maximum absolute atomic E-state index is 13.8. The number of nitrogens with zero attached hydrogens (tertiary/aromatic N) is 2. The predicted octanol–water partition coefficient (Wildman–Crippen LogP) is 2.61. The smallest absolute Gasteiger partial charge is 0.252 e. The van der Waals surface area contributed by atoms with Crippen molar-refractivity contribution in [1.29, 1.82) is 0 Å². The maximum atomic E-state index is 13.8. The SMILES string of the molecule is CC(C)C(O)CC(O)[C@H](CC1CCCCC1)NC(=O)[C@H](Cc1cnc[nH]1)N(C)C(=O)[C@@H](O)Cc1ccccc1. The summed E-state index contributed by atoms with van der Waals surface area (Å²) in [5, 5.41) is 35.3. The Bertz CT molecular complexity index is 994. The quantitative estimate of drug-likeness (QED) is 0.249. The topological polar surface area (TPSA) is 139 Å². The van der Waals surface area contributed by atoms with Crippen molar-refractivity contribution >= 4 is 11.8 Å². The lowest BCUT2D eigenvalue weighted by Crippen LogP contribution is -2.56. The summed E-state index contributed by atoms with van der Waals surface area (Å²) in [6, 6.07) is 7.75. The highest BCUT2D eigenvalue weighted by Crippen LogP contribution is 2.29. The predicted molar refractivity (Wildman–Crippen MR) is 150 cm³/mol. The number of carbonyl (C=O) groups excluding carboxylic acids is 2. The number of nitrogens with one attached hydrogen (secondary N) is 2. The van der Waals surface area contributed by atoms with Crippen molar-refractivity contribution in [3.8, 4) is 0 Å². The van der Waals surface area contributed by atoms with E-state index in [1.165, 1.54) is 24.7 Å². The summed E-state index contributed by atoms with van der Waals surface area (Å²) in [6.45, 7) is 3.79. The van der Waals surface area contributed by atoms with Gasteiger partial charge in [-0.05, 0) is 23.8 Å². The Morgan fingerprint density at radius 2 is 1.74 bits per heavy atom. The number of H-pyrrole nitrogens is 1. The number of hydrogen-bond acceptors (Lipinski definition) is 6. The van der Waals surface area contributed by atoms with Crippen molar-refractivity contribution in [3.63, 3.8) is 0 Å². The van der Waals surface area contributed by atoms with Gasteiger partial charge in [0.2, 0.25) is 5.91 Å². The van der Waals surface area contributed by atoms with Crippen LogP contribution in [-0.2, 0) is 22.4 Å². The van der Waals surface area contributed by atoms with Crippen LogP contribution < -0.4 is 5.32 Å². The third-order valence-corrected chi connectivity index (χ3v) is 8.00. The third kappa shape index (κ3) is 9.44. The number of aromatic nitrogens is 2. The van der Waals surface area contributed by atoms with Gasteiger partial charge in [-0.1, -0.05) is 76.3 Å². The molecule has 0 saturated heterocycles. The highest BCUT2D eigenvalue weighted by atomic mass is 16.3. The fourth-order valence-corrected chi connectivity index (χ4v) is 5.38. The monoisotopic (exact) mass is 542 g/mol. The van der Waals surface area contributed by atoms with Gasteiger partial charge in [0.05, 0.1) is 24.6 Å². The van der Waals surface area contributed by atoms with Crippen molar-refractivity contribution in [3.05, 3.63) is 54.1 Å². The fraction of sp³-hybridized carbons (Fsp3) is 0.633. The molecule has 1 aliphatic carbocycles. The second-order valence-corrected chi connectivity index (χ2v) is 11.4. The molecule has 9 nitrogen and oxygen atoms in total. The van der Waals surface area contributed by atoms with E-state index in [1.807, 2.05) is 44.2 Å². The zero-order valence-corrected chi connectivity index (χ0v) is 23.5. The summed E-state index contributed by atoms with van der Waals surface area (Å²) >= 11 is 0. The number of aliphatic hydroxyl groups excluding tert-OH is 3. The molecule has 1 aromatic carbocycles. The molecular formula is C30H46N4O5. The van der Waals surface area contributed by atoms with Crippen LogP contribution in [-0.4, -0.2) is 79.4 Å². The van der Waals surface area contributed by atoms with Crippen LogP contribution in [0.15, 0.2) is 42.9 Å². The van der Waals surface area contributed by atoms with E-state index < -0.39 is 42.2 Å². The Morgan fingerprint density at radius 1 is 1.05 bits per heavy atom. The van der Waals surface area contributed by atoms with E-state index >= 15 is 0 Å². The number of likely N-dealkylation sites (N-methyl/N-ethyl adjacent to an activating group) is 1. The summed E-state index contributed by atoms with van der Waals surface area (Å²) < 4.78 is 0. The van der Waals surface area contributed by atoms with E-state index in [2.05, 4.69) is 15.3 Å². The average molecular weight is 543 g/mol. The molecule has 1 heterocycles. The van der Waals surface area contributed by atoms with Gasteiger partial charge >= 0.3 is 0 Å². The summed E-state index contributed by atoms with van der Waals surface area (Å²) in [5.74, 6) is -0.606. The summed E-state index contributed by atoms with van der Waals surface area (Å²) in [7, 11) is 1.52. The number of hydrogen-bond donors (Lipinski definition) is 5. The minimum Gasteiger partial charge on any atom is -0.393 e. The van der Waals surface area contributed by atoms with E-state index in [1.54, 1.807) is 6.20 Å². The van der Waals surface area contributed by atoms with Gasteiger partial charge in [-0.3, -0.25) is 9.59 Å². The lowest BCUT2D eigenvalue weighted by molar-refractivity contribution is -0.146. The molecule has 0 aliphatic heterocycles. The molecular weight excluding hydrogens is 496 g/mol. The largest absolute Gasteiger partial charge is 0.393 e. The van der Waals surface area contributed by atoms with E-state index in [-0.39, 0.29) is 25.2 Å². The van der Waals surface area contributed by atoms with Crippen molar-refractivity contribution < 1.29 is 24.9 Å². The zero-order chi connectivity index (χ0) is 28.4. The number of imidazole rings is 1. The second-order valence-electron chi connectivity index (χ2n) is 11.4. The van der Waals surface area contributed by atoms with Crippen LogP contribution in [0.2, 0.25) is 0 Å². The van der Waals surface area contributed by atoms with Crippen molar-refractivity contribution in [1.82, 2.24) is 20.2 Å². The minimum atomic E-state index is -1.31. The summed E-state index contributed by atoms with van der Waals surface area (Å²) in [6.07, 6.45) is 6.84. The van der Waals surface area contributed by atoms with Crippen molar-refractivity contribution in [2.45, 2.75) is 102 Å². The molecule has 1 saturated carbocycles. The minimum absolute atomic E-state index is 0.0198. The number of aromatic amines is 1. The molecule has 2 amide bonds. The zero-order valence-electron chi connectivity index (χ0n) is 23.5. The van der Waals surface area contributed by atoms with Gasteiger partial charge in [0, 0.05) is 38.2 Å². The van der Waals surface area contributed by atoms with Gasteiger partial charge in [-0.2, -0.15) is 0 Å². The molecule has 0 radical (unpaired) electrons. The summed E-state index contributed by atoms with van der Waals surface area (Å²) in [5.41, 5.74) is 1.49. The summed E-state index contributed by atoms with van der Waals surface area (Å²) in [4.78, 5) is 35.4. The Hall–Kier alpha value is -2.75. The molecule has 1 fully saturated rings. The van der Waals surface area contributed by atoms with Crippen LogP contribution in [0.1, 0.15) is 70.1 Å². The first kappa shape index (κ1) is 30.8. The molecule has 0 bridgehead atoms. The second kappa shape index (κ2) is 15.1. The van der Waals surface area contributed by atoms with E-state index in [4.69, 9.17) is 0 Å². The average Bonchev–Trinajstić information content (AvgIpc) is 3.45. The lowest BCUT2D eigenvalue weighted by Gasteiger charge is -2.34. The van der Waals surface area contributed by atoms with Gasteiger partial charge in [-0.25, -0.2) is 4.98 Å². The number of carbonyl (C=O) groups is 2. The van der Waals surface area contributed by atoms with Gasteiger partial charge in [0.25, 0.3) is 5.91 Å². The normalized spacial score (nSPS) is 18.2. The molecule has 1 aliphatic rings. The molecule has 2 unspecified atom stereocenters. The molecule has 2 aromatic rings. The van der Waals surface area contributed by atoms with Gasteiger partial charge < -0.3 is 30.5 Å². The number of amides is 2. The van der Waals surface area contributed by atoms with Gasteiger partial charge in [-0.15, -0.1) is 0 Å². The molecule has 5 atom stereocenters. The van der Waals surface area contributed by atoms with Gasteiger partial charge in [0.1, 0.15) is 12.1 Å². The molecule has 39 heavy (non-hydrogen) atoms. The first-order chi connectivity index (χ1) is 18.7. The Morgan fingerprint density at radius 3 is 2.36 bits per heavy atom. The lowest BCUT2D eigenvalue weighted by atomic mass is 9.82. The maximum Gasteiger partial charge on any atom is 0.252 e. The van der Waals surface area contributed by atoms with Crippen LogP contribution in [0.5, 0.6) is 0 Å². The number of rotatable bonds is 14. The molecule has 1 aromatic heterocycles.